The summed E-state index contributed by atoms with van der Waals surface area (Å²) in [6.45, 7) is 1.06. The number of aliphatic carboxylic acids is 2. The Bertz CT molecular complexity index is 745. The number of pyridine rings is 2. The highest BCUT2D eigenvalue weighted by Gasteiger charge is 2.47. The normalized spacial score (nSPS) is 10.9. The van der Waals surface area contributed by atoms with E-state index in [4.69, 9.17) is 0 Å². The average Bonchev–Trinajstić information content (AvgIpc) is 2.55. The van der Waals surface area contributed by atoms with Crippen molar-refractivity contribution in [1.29, 1.82) is 0 Å². The maximum atomic E-state index is 11.5. The highest BCUT2D eigenvalue weighted by Crippen LogP contribution is 2.18. The van der Waals surface area contributed by atoms with Crippen molar-refractivity contribution in [1.82, 2.24) is 15.3 Å². The Hall–Kier alpha value is -3.29. The second kappa shape index (κ2) is 6.86. The number of carboxylic acids is 2. The number of aromatic nitrogens is 2. The molecule has 0 spiro atoms. The van der Waals surface area contributed by atoms with E-state index in [-0.39, 0.29) is 0 Å². The Morgan fingerprint density at radius 3 is 2.17 bits per heavy atom. The van der Waals surface area contributed by atoms with Gasteiger partial charge in [0.25, 0.3) is 0 Å². The minimum absolute atomic E-state index is 0.355. The highest BCUT2D eigenvalue weighted by molar-refractivity contribution is 6.06. The van der Waals surface area contributed by atoms with Crippen LogP contribution in [0.1, 0.15) is 12.5 Å². The summed E-state index contributed by atoms with van der Waals surface area (Å²) in [6.07, 6.45) is 2.54. The van der Waals surface area contributed by atoms with E-state index in [1.54, 1.807) is 36.5 Å². The maximum Gasteiger partial charge on any atom is 0.341 e. The lowest BCUT2D eigenvalue weighted by molar-refractivity contribution is -0.161. The molecule has 0 aliphatic carbocycles. The minimum atomic E-state index is -2.44. The van der Waals surface area contributed by atoms with Crippen LogP contribution in [0.15, 0.2) is 42.7 Å². The van der Waals surface area contributed by atoms with Gasteiger partial charge in [-0.05, 0) is 23.8 Å². The van der Waals surface area contributed by atoms with Crippen molar-refractivity contribution in [2.24, 2.45) is 0 Å². The Morgan fingerprint density at radius 2 is 1.71 bits per heavy atom. The van der Waals surface area contributed by atoms with Crippen LogP contribution in [-0.4, -0.2) is 43.6 Å². The van der Waals surface area contributed by atoms with E-state index in [0.29, 0.717) is 17.0 Å². The number of hydrogen-bond acceptors (Lipinski definition) is 5. The lowest BCUT2D eigenvalue weighted by Crippen LogP contribution is -2.61. The molecule has 0 aromatic carbocycles. The molecule has 2 heterocycles. The number of nitrogens with one attached hydrogen (secondary N) is 1. The summed E-state index contributed by atoms with van der Waals surface area (Å²) in [5.41, 5.74) is -0.892. The minimum Gasteiger partial charge on any atom is -0.479 e. The molecule has 0 bridgehead atoms. The van der Waals surface area contributed by atoms with Crippen molar-refractivity contribution in [2.75, 3.05) is 0 Å². The Labute approximate surface area is 137 Å². The van der Waals surface area contributed by atoms with Crippen molar-refractivity contribution in [3.63, 3.8) is 0 Å². The summed E-state index contributed by atoms with van der Waals surface area (Å²) in [6, 6.07) is 8.49. The predicted molar refractivity (Wildman–Crippen MR) is 83.0 cm³/mol. The van der Waals surface area contributed by atoms with Crippen molar-refractivity contribution in [2.45, 2.75) is 18.9 Å². The van der Waals surface area contributed by atoms with E-state index >= 15 is 0 Å². The molecule has 3 N–H and O–H groups in total. The molecule has 2 rings (SSSR count). The fraction of sp³-hybridized carbons (Fsp3) is 0.188. The molecule has 2 aromatic heterocycles. The van der Waals surface area contributed by atoms with Crippen molar-refractivity contribution >= 4 is 17.8 Å². The van der Waals surface area contributed by atoms with Crippen LogP contribution in [0.4, 0.5) is 0 Å². The van der Waals surface area contributed by atoms with Gasteiger partial charge in [0.15, 0.2) is 0 Å². The quantitative estimate of drug-likeness (QED) is 0.666. The topological polar surface area (TPSA) is 129 Å². The summed E-state index contributed by atoms with van der Waals surface area (Å²) in [5.74, 6) is -4.06. The van der Waals surface area contributed by atoms with Gasteiger partial charge in [-0.3, -0.25) is 14.8 Å². The zero-order valence-corrected chi connectivity index (χ0v) is 12.8. The highest BCUT2D eigenvalue weighted by atomic mass is 16.4. The van der Waals surface area contributed by atoms with Crippen molar-refractivity contribution in [3.8, 4) is 11.4 Å². The number of rotatable bonds is 6. The Morgan fingerprint density at radius 1 is 1.04 bits per heavy atom. The summed E-state index contributed by atoms with van der Waals surface area (Å²) in [7, 11) is 0. The molecule has 0 saturated carbocycles. The molecule has 1 amide bonds. The lowest BCUT2D eigenvalue weighted by atomic mass is 9.91. The number of amides is 1. The molecule has 0 fully saturated rings. The second-order valence-electron chi connectivity index (χ2n) is 5.14. The van der Waals surface area contributed by atoms with Crippen LogP contribution in [0.5, 0.6) is 0 Å². The maximum absolute atomic E-state index is 11.5. The van der Waals surface area contributed by atoms with E-state index in [1.807, 2.05) is 5.32 Å². The zero-order chi connectivity index (χ0) is 17.7. The largest absolute Gasteiger partial charge is 0.479 e. The van der Waals surface area contributed by atoms with Crippen molar-refractivity contribution < 1.29 is 24.6 Å². The monoisotopic (exact) mass is 329 g/mol. The van der Waals surface area contributed by atoms with Gasteiger partial charge in [0.1, 0.15) is 0 Å². The third-order valence-electron chi connectivity index (χ3n) is 3.34. The van der Waals surface area contributed by atoms with Crippen LogP contribution in [-0.2, 0) is 20.8 Å². The number of carbonyl (C=O) groups is 3. The SMILES string of the molecule is CC(=O)NC(Cc1ccc(-c2ccccn2)nc1)(C(=O)O)C(=O)O. The van der Waals surface area contributed by atoms with Gasteiger partial charge in [0, 0.05) is 25.7 Å². The van der Waals surface area contributed by atoms with Gasteiger partial charge in [-0.25, -0.2) is 9.59 Å². The number of hydrogen-bond donors (Lipinski definition) is 3. The van der Waals surface area contributed by atoms with Crippen LogP contribution in [0, 0.1) is 0 Å². The van der Waals surface area contributed by atoms with Gasteiger partial charge in [0.05, 0.1) is 11.4 Å². The predicted octanol–water partition coefficient (Wildman–Crippen LogP) is 0.730. The number of carbonyl (C=O) groups excluding carboxylic acids is 1. The molecular weight excluding hydrogens is 314 g/mol. The van der Waals surface area contributed by atoms with Crippen LogP contribution in [0.25, 0.3) is 11.4 Å². The second-order valence-corrected chi connectivity index (χ2v) is 5.14. The molecule has 2 aromatic rings. The summed E-state index contributed by atoms with van der Waals surface area (Å²) < 4.78 is 0. The van der Waals surface area contributed by atoms with E-state index in [9.17, 15) is 24.6 Å². The first kappa shape index (κ1) is 17.1. The first-order chi connectivity index (χ1) is 11.3. The zero-order valence-electron chi connectivity index (χ0n) is 12.8. The van der Waals surface area contributed by atoms with Crippen molar-refractivity contribution in [3.05, 3.63) is 48.3 Å². The van der Waals surface area contributed by atoms with Gasteiger partial charge >= 0.3 is 11.9 Å². The molecule has 0 aliphatic heterocycles. The van der Waals surface area contributed by atoms with Gasteiger partial charge in [0.2, 0.25) is 11.4 Å². The molecule has 124 valence electrons. The number of carboxylic acid groups (broad SMARTS) is 2. The summed E-state index contributed by atoms with van der Waals surface area (Å²) in [4.78, 5) is 42.5. The van der Waals surface area contributed by atoms with Crippen LogP contribution < -0.4 is 5.32 Å². The first-order valence-electron chi connectivity index (χ1n) is 6.97. The molecular formula is C16H15N3O5. The molecule has 0 saturated heterocycles. The first-order valence-corrected chi connectivity index (χ1v) is 6.97. The molecule has 24 heavy (non-hydrogen) atoms. The van der Waals surface area contributed by atoms with Gasteiger partial charge in [-0.2, -0.15) is 0 Å². The molecule has 0 aliphatic rings. The molecule has 8 nitrogen and oxygen atoms in total. The van der Waals surface area contributed by atoms with Crippen LogP contribution in [0.2, 0.25) is 0 Å². The van der Waals surface area contributed by atoms with E-state index < -0.39 is 29.8 Å². The fourth-order valence-electron chi connectivity index (χ4n) is 2.20. The van der Waals surface area contributed by atoms with E-state index in [1.165, 1.54) is 6.20 Å². The Balaban J connectivity index is 2.31. The Kier molecular flexibility index (Phi) is 4.88. The molecule has 0 radical (unpaired) electrons. The molecule has 0 unspecified atom stereocenters. The lowest BCUT2D eigenvalue weighted by Gasteiger charge is -2.25. The summed E-state index contributed by atoms with van der Waals surface area (Å²) in [5, 5.41) is 20.6. The molecule has 8 heteroatoms. The number of nitrogens with zero attached hydrogens (tertiary/aromatic N) is 2. The average molecular weight is 329 g/mol. The van der Waals surface area contributed by atoms with Gasteiger partial charge in [-0.1, -0.05) is 12.1 Å². The third-order valence-corrected chi connectivity index (χ3v) is 3.34. The van der Waals surface area contributed by atoms with E-state index in [0.717, 1.165) is 6.92 Å². The van der Waals surface area contributed by atoms with Gasteiger partial charge < -0.3 is 15.5 Å². The van der Waals surface area contributed by atoms with Crippen LogP contribution >= 0.6 is 0 Å². The van der Waals surface area contributed by atoms with Gasteiger partial charge in [-0.15, -0.1) is 0 Å². The summed E-state index contributed by atoms with van der Waals surface area (Å²) >= 11 is 0. The smallest absolute Gasteiger partial charge is 0.341 e. The standard InChI is InChI=1S/C16H15N3O5/c1-10(20)19-16(14(21)22,15(23)24)8-11-5-6-13(18-9-11)12-4-2-3-7-17-12/h2-7,9H,8H2,1H3,(H,19,20)(H,21,22)(H,23,24). The third kappa shape index (κ3) is 3.54. The van der Waals surface area contributed by atoms with E-state index in [2.05, 4.69) is 9.97 Å². The molecule has 0 atom stereocenters. The van der Waals surface area contributed by atoms with Crippen LogP contribution in [0.3, 0.4) is 0 Å². The fourth-order valence-corrected chi connectivity index (χ4v) is 2.20.